The fraction of sp³-hybridized carbons (Fsp3) is 0.529. The molecule has 0 saturated carbocycles. The second-order valence-electron chi connectivity index (χ2n) is 6.03. The minimum absolute atomic E-state index is 0.0546. The smallest absolute Gasteiger partial charge is 0.354 e. The second-order valence-corrected chi connectivity index (χ2v) is 6.03. The maximum absolute atomic E-state index is 12.8. The van der Waals surface area contributed by atoms with Crippen LogP contribution in [0.4, 0.5) is 17.6 Å². The molecule has 1 aromatic carbocycles. The van der Waals surface area contributed by atoms with Crippen molar-refractivity contribution in [3.8, 4) is 0 Å². The molecule has 1 atom stereocenters. The zero-order chi connectivity index (χ0) is 18.4. The molecule has 0 spiro atoms. The van der Waals surface area contributed by atoms with Crippen LogP contribution in [0.25, 0.3) is 0 Å². The molecule has 1 saturated heterocycles. The first-order chi connectivity index (χ1) is 11.8. The molecule has 25 heavy (non-hydrogen) atoms. The maximum atomic E-state index is 12.8. The van der Waals surface area contributed by atoms with E-state index in [0.29, 0.717) is 24.3 Å². The van der Waals surface area contributed by atoms with Crippen LogP contribution in [0.15, 0.2) is 24.3 Å². The number of nitrogens with one attached hydrogen (secondary N) is 1. The van der Waals surface area contributed by atoms with E-state index in [-0.39, 0.29) is 18.8 Å². The van der Waals surface area contributed by atoms with E-state index >= 15 is 0 Å². The van der Waals surface area contributed by atoms with Crippen LogP contribution in [-0.4, -0.2) is 42.0 Å². The van der Waals surface area contributed by atoms with Crippen molar-refractivity contribution in [3.05, 3.63) is 35.6 Å². The zero-order valence-electron chi connectivity index (χ0n) is 13.6. The van der Waals surface area contributed by atoms with Crippen molar-refractivity contribution in [3.63, 3.8) is 0 Å². The number of carbonyl (C=O) groups is 2. The Labute approximate surface area is 143 Å². The van der Waals surface area contributed by atoms with Gasteiger partial charge in [0.25, 0.3) is 0 Å². The zero-order valence-corrected chi connectivity index (χ0v) is 13.6. The highest BCUT2D eigenvalue weighted by Gasteiger charge is 2.47. The molecule has 1 unspecified atom stereocenters. The van der Waals surface area contributed by atoms with Crippen molar-refractivity contribution in [2.75, 3.05) is 13.1 Å². The fourth-order valence-electron chi connectivity index (χ4n) is 2.88. The number of halogens is 4. The number of benzene rings is 1. The van der Waals surface area contributed by atoms with E-state index in [0.717, 1.165) is 18.4 Å². The van der Waals surface area contributed by atoms with Crippen LogP contribution < -0.4 is 5.32 Å². The third kappa shape index (κ3) is 5.44. The summed E-state index contributed by atoms with van der Waals surface area (Å²) in [6, 6.07) is 5.08. The average molecular weight is 360 g/mol. The van der Waals surface area contributed by atoms with E-state index < -0.39 is 24.0 Å². The van der Waals surface area contributed by atoms with Gasteiger partial charge in [-0.15, -0.1) is 0 Å². The number of alkyl halides is 3. The van der Waals surface area contributed by atoms with Crippen LogP contribution >= 0.6 is 0 Å². The van der Waals surface area contributed by atoms with E-state index in [9.17, 15) is 27.2 Å². The molecule has 138 valence electrons. The standard InChI is InChI=1S/C17H20F4N2O2/c18-13-8-6-12(7-9-13)4-1-2-10-22-15(24)14-5-3-11-23(14)16(25)17(19,20)21/h6-9,14H,1-5,10-11H2,(H,22,24). The molecule has 2 rings (SSSR count). The number of rotatable bonds is 6. The van der Waals surface area contributed by atoms with Gasteiger partial charge in [-0.05, 0) is 49.8 Å². The van der Waals surface area contributed by atoms with Crippen LogP contribution in [0.3, 0.4) is 0 Å². The number of aryl methyl sites for hydroxylation is 1. The highest BCUT2D eigenvalue weighted by atomic mass is 19.4. The van der Waals surface area contributed by atoms with Crippen molar-refractivity contribution >= 4 is 11.8 Å². The Bertz CT molecular complexity index is 602. The average Bonchev–Trinajstić information content (AvgIpc) is 3.04. The van der Waals surface area contributed by atoms with Crippen molar-refractivity contribution in [1.82, 2.24) is 10.2 Å². The predicted octanol–water partition coefficient (Wildman–Crippen LogP) is 2.82. The highest BCUT2D eigenvalue weighted by Crippen LogP contribution is 2.25. The van der Waals surface area contributed by atoms with Crippen LogP contribution in [0.1, 0.15) is 31.2 Å². The Morgan fingerprint density at radius 2 is 1.84 bits per heavy atom. The van der Waals surface area contributed by atoms with Gasteiger partial charge in [-0.1, -0.05) is 12.1 Å². The second kappa shape index (κ2) is 8.31. The van der Waals surface area contributed by atoms with E-state index in [4.69, 9.17) is 0 Å². The lowest BCUT2D eigenvalue weighted by molar-refractivity contribution is -0.186. The first-order valence-corrected chi connectivity index (χ1v) is 8.19. The number of carbonyl (C=O) groups excluding carboxylic acids is 2. The van der Waals surface area contributed by atoms with Gasteiger partial charge in [0, 0.05) is 13.1 Å². The lowest BCUT2D eigenvalue weighted by atomic mass is 10.1. The molecule has 1 aliphatic rings. The van der Waals surface area contributed by atoms with Crippen molar-refractivity contribution in [1.29, 1.82) is 0 Å². The molecule has 2 amide bonds. The summed E-state index contributed by atoms with van der Waals surface area (Å²) >= 11 is 0. The van der Waals surface area contributed by atoms with Gasteiger partial charge in [-0.25, -0.2) is 4.39 Å². The van der Waals surface area contributed by atoms with Crippen molar-refractivity contribution < 1.29 is 27.2 Å². The van der Waals surface area contributed by atoms with Gasteiger partial charge in [-0.2, -0.15) is 13.2 Å². The van der Waals surface area contributed by atoms with Gasteiger partial charge < -0.3 is 10.2 Å². The van der Waals surface area contributed by atoms with Gasteiger partial charge in [0.05, 0.1) is 0 Å². The molecule has 0 aromatic heterocycles. The molecule has 8 heteroatoms. The fourth-order valence-corrected chi connectivity index (χ4v) is 2.88. The Morgan fingerprint density at radius 3 is 2.48 bits per heavy atom. The molecule has 0 aliphatic carbocycles. The Balaban J connectivity index is 1.72. The van der Waals surface area contributed by atoms with E-state index in [1.54, 1.807) is 12.1 Å². The minimum Gasteiger partial charge on any atom is -0.354 e. The summed E-state index contributed by atoms with van der Waals surface area (Å²) < 4.78 is 50.4. The Kier molecular flexibility index (Phi) is 6.39. The number of nitrogens with zero attached hydrogens (tertiary/aromatic N) is 1. The highest BCUT2D eigenvalue weighted by molar-refractivity contribution is 5.90. The first-order valence-electron chi connectivity index (χ1n) is 8.19. The summed E-state index contributed by atoms with van der Waals surface area (Å²) in [6.45, 7) is 0.269. The Hall–Kier alpha value is -2.12. The van der Waals surface area contributed by atoms with Gasteiger partial charge in [-0.3, -0.25) is 9.59 Å². The molecule has 1 fully saturated rings. The molecule has 1 aliphatic heterocycles. The quantitative estimate of drug-likeness (QED) is 0.627. The lowest BCUT2D eigenvalue weighted by Crippen LogP contribution is -2.50. The van der Waals surface area contributed by atoms with Crippen molar-refractivity contribution in [2.24, 2.45) is 0 Å². The van der Waals surface area contributed by atoms with Gasteiger partial charge in [0.2, 0.25) is 5.91 Å². The van der Waals surface area contributed by atoms with Crippen LogP contribution in [-0.2, 0) is 16.0 Å². The summed E-state index contributed by atoms with van der Waals surface area (Å²) in [5, 5.41) is 2.60. The summed E-state index contributed by atoms with van der Waals surface area (Å²) in [5.74, 6) is -2.80. The topological polar surface area (TPSA) is 49.4 Å². The number of amides is 2. The largest absolute Gasteiger partial charge is 0.471 e. The Morgan fingerprint density at radius 1 is 1.16 bits per heavy atom. The first kappa shape index (κ1) is 19.2. The van der Waals surface area contributed by atoms with Gasteiger partial charge in [0.15, 0.2) is 0 Å². The van der Waals surface area contributed by atoms with Gasteiger partial charge >= 0.3 is 12.1 Å². The predicted molar refractivity (Wildman–Crippen MR) is 83.1 cm³/mol. The third-order valence-electron chi connectivity index (χ3n) is 4.16. The molecule has 1 aromatic rings. The number of likely N-dealkylation sites (tertiary alicyclic amines) is 1. The SMILES string of the molecule is O=C(NCCCCc1ccc(F)cc1)C1CCCN1C(=O)C(F)(F)F. The monoisotopic (exact) mass is 360 g/mol. The molecule has 1 N–H and O–H groups in total. The molecule has 0 radical (unpaired) electrons. The van der Waals surface area contributed by atoms with Crippen LogP contribution in [0.5, 0.6) is 0 Å². The van der Waals surface area contributed by atoms with E-state index in [2.05, 4.69) is 5.32 Å². The van der Waals surface area contributed by atoms with Crippen LogP contribution in [0, 0.1) is 5.82 Å². The van der Waals surface area contributed by atoms with E-state index in [1.807, 2.05) is 0 Å². The molecule has 0 bridgehead atoms. The normalized spacial score (nSPS) is 17.6. The van der Waals surface area contributed by atoms with Gasteiger partial charge in [0.1, 0.15) is 11.9 Å². The number of unbranched alkanes of at least 4 members (excludes halogenated alkanes) is 1. The summed E-state index contributed by atoms with van der Waals surface area (Å²) in [4.78, 5) is 24.0. The molecular weight excluding hydrogens is 340 g/mol. The summed E-state index contributed by atoms with van der Waals surface area (Å²) in [7, 11) is 0. The number of hydrogen-bond donors (Lipinski definition) is 1. The summed E-state index contributed by atoms with van der Waals surface area (Å²) in [5.41, 5.74) is 0.977. The minimum atomic E-state index is -4.96. The van der Waals surface area contributed by atoms with Crippen molar-refractivity contribution in [2.45, 2.75) is 44.3 Å². The van der Waals surface area contributed by atoms with E-state index in [1.165, 1.54) is 12.1 Å². The maximum Gasteiger partial charge on any atom is 0.471 e. The third-order valence-corrected chi connectivity index (χ3v) is 4.16. The summed E-state index contributed by atoms with van der Waals surface area (Å²) in [6.07, 6.45) is -2.23. The van der Waals surface area contributed by atoms with Crippen LogP contribution in [0.2, 0.25) is 0 Å². The molecular formula is C17H20F4N2O2. The molecule has 4 nitrogen and oxygen atoms in total. The number of hydrogen-bond acceptors (Lipinski definition) is 2. The molecule has 1 heterocycles. The lowest BCUT2D eigenvalue weighted by Gasteiger charge is -2.24.